The van der Waals surface area contributed by atoms with Crippen molar-refractivity contribution in [1.29, 1.82) is 0 Å². The van der Waals surface area contributed by atoms with E-state index in [1.807, 2.05) is 6.92 Å². The van der Waals surface area contributed by atoms with Crippen LogP contribution in [0.15, 0.2) is 23.3 Å². The zero-order valence-corrected chi connectivity index (χ0v) is 8.84. The first-order valence-electron chi connectivity index (χ1n) is 3.99. The Morgan fingerprint density at radius 1 is 1.79 bits per heavy atom. The molecule has 0 N–H and O–H groups in total. The molecular weight excluding hydrogens is 204 g/mol. The Morgan fingerprint density at radius 2 is 2.43 bits per heavy atom. The first-order chi connectivity index (χ1) is 6.56. The lowest BCUT2D eigenvalue weighted by molar-refractivity contribution is 0.400. The van der Waals surface area contributed by atoms with Gasteiger partial charge >= 0.3 is 0 Å². The number of hydrogen-bond acceptors (Lipinski definition) is 3. The van der Waals surface area contributed by atoms with Gasteiger partial charge in [-0.15, -0.1) is 0 Å². The molecule has 1 heterocycles. The van der Waals surface area contributed by atoms with Crippen molar-refractivity contribution in [2.75, 3.05) is 7.11 Å². The van der Waals surface area contributed by atoms with Gasteiger partial charge in [-0.2, -0.15) is 0 Å². The van der Waals surface area contributed by atoms with Crippen LogP contribution in [0.4, 0.5) is 0 Å². The van der Waals surface area contributed by atoms with Gasteiger partial charge in [0.1, 0.15) is 0 Å². The standard InChI is InChI=1S/C9H11ClN2O2/c1-6(2)4-12-5-11-8(10)7(14-3)9(12)13/h5H,1,4H2,2-3H3. The molecule has 5 heteroatoms. The fraction of sp³-hybridized carbons (Fsp3) is 0.333. The van der Waals surface area contributed by atoms with Crippen LogP contribution in [0.3, 0.4) is 0 Å². The van der Waals surface area contributed by atoms with Crippen LogP contribution >= 0.6 is 11.6 Å². The van der Waals surface area contributed by atoms with Crippen LogP contribution < -0.4 is 10.3 Å². The van der Waals surface area contributed by atoms with Crippen molar-refractivity contribution >= 4 is 11.6 Å². The number of nitrogens with zero attached hydrogens (tertiary/aromatic N) is 2. The molecule has 0 radical (unpaired) electrons. The highest BCUT2D eigenvalue weighted by Crippen LogP contribution is 2.14. The number of ether oxygens (including phenoxy) is 1. The fourth-order valence-electron chi connectivity index (χ4n) is 1.03. The maximum absolute atomic E-state index is 11.6. The van der Waals surface area contributed by atoms with Crippen LogP contribution in [-0.4, -0.2) is 16.7 Å². The van der Waals surface area contributed by atoms with Gasteiger partial charge in [-0.05, 0) is 6.92 Å². The molecule has 0 spiro atoms. The molecule has 0 fully saturated rings. The fourth-order valence-corrected chi connectivity index (χ4v) is 1.23. The van der Waals surface area contributed by atoms with E-state index in [-0.39, 0.29) is 16.5 Å². The minimum Gasteiger partial charge on any atom is -0.489 e. The van der Waals surface area contributed by atoms with E-state index in [4.69, 9.17) is 16.3 Å². The predicted octanol–water partition coefficient (Wildman–Crippen LogP) is 1.48. The van der Waals surface area contributed by atoms with Gasteiger partial charge in [-0.1, -0.05) is 23.8 Å². The summed E-state index contributed by atoms with van der Waals surface area (Å²) in [4.78, 5) is 15.5. The van der Waals surface area contributed by atoms with Gasteiger partial charge < -0.3 is 4.74 Å². The maximum atomic E-state index is 11.6. The highest BCUT2D eigenvalue weighted by Gasteiger charge is 2.09. The summed E-state index contributed by atoms with van der Waals surface area (Å²) in [5.74, 6) is 0.0652. The zero-order valence-electron chi connectivity index (χ0n) is 8.08. The summed E-state index contributed by atoms with van der Waals surface area (Å²) in [7, 11) is 1.38. The van der Waals surface area contributed by atoms with E-state index in [9.17, 15) is 4.79 Å². The third-order valence-electron chi connectivity index (χ3n) is 1.60. The Morgan fingerprint density at radius 3 is 2.93 bits per heavy atom. The van der Waals surface area contributed by atoms with Crippen LogP contribution in [0.25, 0.3) is 0 Å². The first-order valence-corrected chi connectivity index (χ1v) is 4.37. The summed E-state index contributed by atoms with van der Waals surface area (Å²) >= 11 is 5.67. The summed E-state index contributed by atoms with van der Waals surface area (Å²) in [6.45, 7) is 5.95. The molecule has 76 valence electrons. The van der Waals surface area contributed by atoms with E-state index in [0.29, 0.717) is 6.54 Å². The zero-order chi connectivity index (χ0) is 10.7. The molecule has 0 aliphatic rings. The Kier molecular flexibility index (Phi) is 3.30. The summed E-state index contributed by atoms with van der Waals surface area (Å²) in [6.07, 6.45) is 1.38. The van der Waals surface area contributed by atoms with Crippen LogP contribution in [-0.2, 0) is 6.54 Å². The predicted molar refractivity (Wildman–Crippen MR) is 54.9 cm³/mol. The number of methoxy groups -OCH3 is 1. The molecule has 1 aromatic heterocycles. The molecule has 1 rings (SSSR count). The molecule has 0 saturated carbocycles. The van der Waals surface area contributed by atoms with Crippen LogP contribution in [0.1, 0.15) is 6.92 Å². The second-order valence-corrected chi connectivity index (χ2v) is 3.32. The quantitative estimate of drug-likeness (QED) is 0.566. The van der Waals surface area contributed by atoms with Crippen molar-refractivity contribution in [1.82, 2.24) is 9.55 Å². The first kappa shape index (κ1) is 10.8. The van der Waals surface area contributed by atoms with E-state index in [1.165, 1.54) is 18.0 Å². The van der Waals surface area contributed by atoms with E-state index in [2.05, 4.69) is 11.6 Å². The van der Waals surface area contributed by atoms with Gasteiger partial charge in [0, 0.05) is 6.54 Å². The van der Waals surface area contributed by atoms with E-state index in [1.54, 1.807) is 0 Å². The van der Waals surface area contributed by atoms with E-state index in [0.717, 1.165) is 5.57 Å². The summed E-state index contributed by atoms with van der Waals surface area (Å²) < 4.78 is 6.24. The molecule has 14 heavy (non-hydrogen) atoms. The molecule has 0 saturated heterocycles. The van der Waals surface area contributed by atoms with Crippen molar-refractivity contribution in [2.45, 2.75) is 13.5 Å². The van der Waals surface area contributed by atoms with Crippen molar-refractivity contribution in [3.8, 4) is 5.75 Å². The Bertz CT molecular complexity index is 412. The lowest BCUT2D eigenvalue weighted by Crippen LogP contribution is -2.22. The Balaban J connectivity index is 3.22. The number of rotatable bonds is 3. The molecule has 0 amide bonds. The van der Waals surface area contributed by atoms with Gasteiger partial charge in [0.2, 0.25) is 5.75 Å². The molecular formula is C9H11ClN2O2. The Hall–Kier alpha value is -1.29. The molecule has 0 bridgehead atoms. The topological polar surface area (TPSA) is 44.1 Å². The largest absolute Gasteiger partial charge is 0.489 e. The number of halogens is 1. The van der Waals surface area contributed by atoms with Gasteiger partial charge in [0.25, 0.3) is 5.56 Å². The summed E-state index contributed by atoms with van der Waals surface area (Å²) in [5, 5.41) is 0.0791. The Labute approximate surface area is 86.8 Å². The summed E-state index contributed by atoms with van der Waals surface area (Å²) in [6, 6.07) is 0. The molecule has 0 atom stereocenters. The second-order valence-electron chi connectivity index (χ2n) is 2.96. The van der Waals surface area contributed by atoms with E-state index < -0.39 is 0 Å². The second kappa shape index (κ2) is 4.28. The number of aromatic nitrogens is 2. The molecule has 4 nitrogen and oxygen atoms in total. The lowest BCUT2D eigenvalue weighted by atomic mass is 10.3. The van der Waals surface area contributed by atoms with Gasteiger partial charge in [0.05, 0.1) is 13.4 Å². The summed E-state index contributed by atoms with van der Waals surface area (Å²) in [5.41, 5.74) is 0.564. The average molecular weight is 215 g/mol. The van der Waals surface area contributed by atoms with Gasteiger partial charge in [0.15, 0.2) is 5.15 Å². The smallest absolute Gasteiger partial charge is 0.297 e. The molecule has 0 unspecified atom stereocenters. The third kappa shape index (κ3) is 2.14. The van der Waals surface area contributed by atoms with Crippen molar-refractivity contribution in [2.24, 2.45) is 0 Å². The highest BCUT2D eigenvalue weighted by molar-refractivity contribution is 6.30. The van der Waals surface area contributed by atoms with Gasteiger partial charge in [-0.25, -0.2) is 4.98 Å². The van der Waals surface area contributed by atoms with Crippen molar-refractivity contribution in [3.63, 3.8) is 0 Å². The highest BCUT2D eigenvalue weighted by atomic mass is 35.5. The normalized spacial score (nSPS) is 9.93. The maximum Gasteiger partial charge on any atom is 0.297 e. The molecule has 0 aromatic carbocycles. The van der Waals surface area contributed by atoms with Crippen LogP contribution in [0.5, 0.6) is 5.75 Å². The minimum absolute atomic E-state index is 0.0652. The molecule has 0 aliphatic carbocycles. The van der Waals surface area contributed by atoms with Crippen molar-refractivity contribution < 1.29 is 4.74 Å². The minimum atomic E-state index is -0.296. The lowest BCUT2D eigenvalue weighted by Gasteiger charge is -2.07. The monoisotopic (exact) mass is 214 g/mol. The number of allylic oxidation sites excluding steroid dienone is 1. The third-order valence-corrected chi connectivity index (χ3v) is 1.87. The van der Waals surface area contributed by atoms with Crippen LogP contribution in [0.2, 0.25) is 5.15 Å². The number of hydrogen-bond donors (Lipinski definition) is 0. The van der Waals surface area contributed by atoms with Crippen molar-refractivity contribution in [3.05, 3.63) is 34.0 Å². The SMILES string of the molecule is C=C(C)Cn1cnc(Cl)c(OC)c1=O. The average Bonchev–Trinajstić information content (AvgIpc) is 2.10. The van der Waals surface area contributed by atoms with E-state index >= 15 is 0 Å². The molecule has 0 aliphatic heterocycles. The van der Waals surface area contributed by atoms with Crippen LogP contribution in [0, 0.1) is 0 Å². The molecule has 1 aromatic rings. The van der Waals surface area contributed by atoms with Gasteiger partial charge in [-0.3, -0.25) is 9.36 Å².